The minimum Gasteiger partial charge on any atom is -0.377 e. The topological polar surface area (TPSA) is 96.8 Å². The Hall–Kier alpha value is -0.313. The summed E-state index contributed by atoms with van der Waals surface area (Å²) in [5.41, 5.74) is 11.2. The smallest absolute Gasteiger partial charge is 0.377 e. The summed E-state index contributed by atoms with van der Waals surface area (Å²) in [6.07, 6.45) is 3.10. The van der Waals surface area contributed by atoms with Gasteiger partial charge in [-0.1, -0.05) is 6.92 Å². The highest BCUT2D eigenvalue weighted by Crippen LogP contribution is 2.63. The maximum Gasteiger partial charge on any atom is 0.506 e. The lowest BCUT2D eigenvalue weighted by molar-refractivity contribution is -0.116. The summed E-state index contributed by atoms with van der Waals surface area (Å²) in [6.45, 7) is 3.43. The van der Waals surface area contributed by atoms with Gasteiger partial charge in [-0.15, -0.1) is 0 Å². The Morgan fingerprint density at radius 2 is 1.58 bits per heavy atom. The van der Waals surface area contributed by atoms with Gasteiger partial charge in [0.15, 0.2) is 0 Å². The maximum absolute atomic E-state index is 9.81. The van der Waals surface area contributed by atoms with Crippen LogP contribution in [0.25, 0.3) is 0 Å². The third kappa shape index (κ3) is 4.94. The van der Waals surface area contributed by atoms with Gasteiger partial charge in [-0.05, 0) is 26.2 Å². The third-order valence-electron chi connectivity index (χ3n) is 3.43. The fraction of sp³-hybridized carbons (Fsp3) is 0.917. The highest BCUT2D eigenvalue weighted by Gasteiger charge is 2.66. The van der Waals surface area contributed by atoms with Crippen molar-refractivity contribution >= 4 is 14.6 Å². The van der Waals surface area contributed by atoms with Crippen LogP contribution in [0.2, 0.25) is 5.04 Å². The zero-order valence-corrected chi connectivity index (χ0v) is 13.7. The van der Waals surface area contributed by atoms with Crippen molar-refractivity contribution in [2.24, 2.45) is 11.5 Å². The Morgan fingerprint density at radius 3 is 1.74 bits per heavy atom. The molecule has 19 heavy (non-hydrogen) atoms. The molecule has 1 saturated carbocycles. The number of ketones is 1. The number of carbonyl (C=O) groups excluding carboxylic acids is 1. The molecule has 1 aliphatic carbocycles. The van der Waals surface area contributed by atoms with Gasteiger partial charge in [0.25, 0.3) is 0 Å². The average Bonchev–Trinajstić information content (AvgIpc) is 3.13. The minimum absolute atomic E-state index is 0.0422. The zero-order chi connectivity index (χ0) is 15.1. The zero-order valence-electron chi connectivity index (χ0n) is 12.7. The Labute approximate surface area is 117 Å². The highest BCUT2D eigenvalue weighted by atomic mass is 28.4. The molecule has 7 heteroatoms. The molecule has 0 aromatic carbocycles. The summed E-state index contributed by atoms with van der Waals surface area (Å²) >= 11 is 0. The van der Waals surface area contributed by atoms with Gasteiger partial charge in [0.05, 0.1) is 6.17 Å². The number of rotatable bonds is 7. The molecule has 6 nitrogen and oxygen atoms in total. The van der Waals surface area contributed by atoms with Crippen molar-refractivity contribution < 1.29 is 18.1 Å². The quantitative estimate of drug-likeness (QED) is 0.537. The van der Waals surface area contributed by atoms with Crippen molar-refractivity contribution in [3.63, 3.8) is 0 Å². The van der Waals surface area contributed by atoms with E-state index in [2.05, 4.69) is 0 Å². The molecule has 0 heterocycles. The van der Waals surface area contributed by atoms with Crippen LogP contribution in [0.5, 0.6) is 0 Å². The van der Waals surface area contributed by atoms with Gasteiger partial charge in [-0.2, -0.15) is 0 Å². The molecule has 4 N–H and O–H groups in total. The average molecular weight is 292 g/mol. The van der Waals surface area contributed by atoms with Crippen LogP contribution in [-0.2, 0) is 18.1 Å². The molecule has 0 aromatic rings. The van der Waals surface area contributed by atoms with E-state index in [1.807, 2.05) is 6.92 Å². The fourth-order valence-electron chi connectivity index (χ4n) is 2.14. The number of Topliss-reactive ketones (excluding diaryl/α,β-unsaturated/α-hetero) is 1. The van der Waals surface area contributed by atoms with Crippen LogP contribution in [0, 0.1) is 0 Å². The van der Waals surface area contributed by atoms with Crippen molar-refractivity contribution in [1.82, 2.24) is 0 Å². The predicted octanol–water partition coefficient (Wildman–Crippen LogP) is 1.02. The molecule has 0 unspecified atom stereocenters. The van der Waals surface area contributed by atoms with Crippen molar-refractivity contribution in [1.29, 1.82) is 0 Å². The van der Waals surface area contributed by atoms with Gasteiger partial charge in [0.2, 0.25) is 0 Å². The number of carbonyl (C=O) groups is 1. The summed E-state index contributed by atoms with van der Waals surface area (Å²) in [5, 5.41) is -0.0422. The van der Waals surface area contributed by atoms with Crippen molar-refractivity contribution in [3.05, 3.63) is 0 Å². The molecular formula is C12H28N2O4Si. The minimum atomic E-state index is -2.56. The van der Waals surface area contributed by atoms with Crippen LogP contribution in [0.3, 0.4) is 0 Å². The van der Waals surface area contributed by atoms with E-state index in [4.69, 9.17) is 24.7 Å². The third-order valence-corrected chi connectivity index (χ3v) is 7.05. The van der Waals surface area contributed by atoms with Crippen LogP contribution in [0.4, 0.5) is 0 Å². The number of hydrogen-bond acceptors (Lipinski definition) is 6. The summed E-state index contributed by atoms with van der Waals surface area (Å²) < 4.78 is 16.3. The monoisotopic (exact) mass is 292 g/mol. The van der Waals surface area contributed by atoms with E-state index >= 15 is 0 Å². The van der Waals surface area contributed by atoms with Crippen LogP contribution in [0.1, 0.15) is 39.5 Å². The van der Waals surface area contributed by atoms with Crippen LogP contribution in [0.15, 0.2) is 0 Å². The van der Waals surface area contributed by atoms with Crippen molar-refractivity contribution in [3.8, 4) is 0 Å². The first-order chi connectivity index (χ1) is 8.83. The first kappa shape index (κ1) is 18.7. The Kier molecular flexibility index (Phi) is 7.95. The standard InChI is InChI=1S/C8H20N2O3Si.C4H8O/c1-11-14(12-2,13-3)8(4-5-8)6-7(9)10;1-3-4(2)5/h7H,4-6,9-10H2,1-3H3;3H2,1-2H3. The molecule has 0 atom stereocenters. The molecule has 0 aromatic heterocycles. The van der Waals surface area contributed by atoms with Gasteiger partial charge in [-0.25, -0.2) is 0 Å². The summed E-state index contributed by atoms with van der Waals surface area (Å²) in [6, 6.07) is 0. The Morgan fingerprint density at radius 1 is 1.21 bits per heavy atom. The first-order valence-corrected chi connectivity index (χ1v) is 8.21. The molecule has 0 amide bonds. The van der Waals surface area contributed by atoms with Gasteiger partial charge in [0, 0.05) is 32.8 Å². The van der Waals surface area contributed by atoms with Crippen molar-refractivity contribution in [2.45, 2.75) is 50.7 Å². The van der Waals surface area contributed by atoms with Gasteiger partial charge < -0.3 is 29.5 Å². The van der Waals surface area contributed by atoms with Crippen LogP contribution >= 0.6 is 0 Å². The molecule has 0 radical (unpaired) electrons. The second kappa shape index (κ2) is 8.08. The Balaban J connectivity index is 0.000000555. The van der Waals surface area contributed by atoms with E-state index < -0.39 is 8.80 Å². The molecule has 0 spiro atoms. The van der Waals surface area contributed by atoms with E-state index in [0.717, 1.165) is 12.8 Å². The Bertz CT molecular complexity index is 271. The maximum atomic E-state index is 9.81. The van der Waals surface area contributed by atoms with Gasteiger partial charge >= 0.3 is 8.80 Å². The molecule has 1 rings (SSSR count). The van der Waals surface area contributed by atoms with E-state index in [1.165, 1.54) is 0 Å². The fourth-order valence-corrected chi connectivity index (χ4v) is 5.16. The molecule has 1 fully saturated rings. The van der Waals surface area contributed by atoms with E-state index in [1.54, 1.807) is 28.3 Å². The van der Waals surface area contributed by atoms with E-state index in [0.29, 0.717) is 12.8 Å². The van der Waals surface area contributed by atoms with E-state index in [-0.39, 0.29) is 17.0 Å². The molecule has 0 bridgehead atoms. The molecule has 0 saturated heterocycles. The van der Waals surface area contributed by atoms with Crippen LogP contribution in [-0.4, -0.2) is 42.1 Å². The summed E-state index contributed by atoms with van der Waals surface area (Å²) in [5.74, 6) is 0.255. The van der Waals surface area contributed by atoms with Gasteiger partial charge in [0.1, 0.15) is 5.78 Å². The molecule has 114 valence electrons. The SMILES string of the molecule is CCC(C)=O.CO[Si](OC)(OC)C1(CC(N)N)CC1. The molecule has 1 aliphatic rings. The molecule has 0 aliphatic heterocycles. The number of hydrogen-bond donors (Lipinski definition) is 2. The second-order valence-electron chi connectivity index (χ2n) is 4.87. The number of nitrogens with two attached hydrogens (primary N) is 2. The first-order valence-electron chi connectivity index (χ1n) is 6.49. The normalized spacial score (nSPS) is 16.8. The summed E-state index contributed by atoms with van der Waals surface area (Å²) in [4.78, 5) is 9.81. The lowest BCUT2D eigenvalue weighted by Gasteiger charge is -2.33. The molecular weight excluding hydrogens is 264 g/mol. The highest BCUT2D eigenvalue weighted by molar-refractivity contribution is 6.65. The lowest BCUT2D eigenvalue weighted by Crippen LogP contribution is -2.51. The van der Waals surface area contributed by atoms with Crippen LogP contribution < -0.4 is 11.5 Å². The van der Waals surface area contributed by atoms with Gasteiger partial charge in [-0.3, -0.25) is 0 Å². The van der Waals surface area contributed by atoms with Crippen molar-refractivity contribution in [2.75, 3.05) is 21.3 Å². The summed E-state index contributed by atoms with van der Waals surface area (Å²) in [7, 11) is 2.32. The largest absolute Gasteiger partial charge is 0.506 e. The predicted molar refractivity (Wildman–Crippen MR) is 76.5 cm³/mol. The van der Waals surface area contributed by atoms with E-state index in [9.17, 15) is 4.79 Å². The second-order valence-corrected chi connectivity index (χ2v) is 8.27. The lowest BCUT2D eigenvalue weighted by atomic mass is 10.2.